The number of methoxy groups -OCH3 is 2. The van der Waals surface area contributed by atoms with Crippen LogP contribution in [-0.4, -0.2) is 38.9 Å². The normalized spacial score (nSPS) is 13.0. The van der Waals surface area contributed by atoms with Crippen molar-refractivity contribution in [2.75, 3.05) is 20.8 Å². The van der Waals surface area contributed by atoms with Gasteiger partial charge in [-0.1, -0.05) is 0 Å². The second-order valence-corrected chi connectivity index (χ2v) is 6.36. The zero-order valence-corrected chi connectivity index (χ0v) is 16.2. The first-order valence-electron chi connectivity index (χ1n) is 9.07. The van der Waals surface area contributed by atoms with Gasteiger partial charge in [0.25, 0.3) is 5.91 Å². The van der Waals surface area contributed by atoms with E-state index in [4.69, 9.17) is 18.9 Å². The van der Waals surface area contributed by atoms with Crippen molar-refractivity contribution in [2.45, 2.75) is 12.8 Å². The fourth-order valence-electron chi connectivity index (χ4n) is 2.39. The summed E-state index contributed by atoms with van der Waals surface area (Å²) in [5.41, 5.74) is 3.06. The number of esters is 1. The molecule has 8 heteroatoms. The molecule has 1 fully saturated rings. The van der Waals surface area contributed by atoms with Crippen LogP contribution in [-0.2, 0) is 9.59 Å². The third-order valence-corrected chi connectivity index (χ3v) is 4.14. The molecule has 0 aliphatic heterocycles. The molecule has 0 atom stereocenters. The summed E-state index contributed by atoms with van der Waals surface area (Å²) >= 11 is 0. The standard InChI is InChI=1S/C21H22N2O6/c1-26-16-6-8-17(9-7-16)28-13-20(24)23-22-12-14-3-10-18(19(11-14)27-2)29-21(25)15-4-5-15/h3,6-12,15H,4-5,13H2,1-2H3,(H,23,24)/b22-12-. The van der Waals surface area contributed by atoms with Crippen molar-refractivity contribution in [1.82, 2.24) is 5.43 Å². The summed E-state index contributed by atoms with van der Waals surface area (Å²) in [6.07, 6.45) is 3.20. The quantitative estimate of drug-likeness (QED) is 0.302. The summed E-state index contributed by atoms with van der Waals surface area (Å²) in [5, 5.41) is 3.90. The number of hydrogen-bond donors (Lipinski definition) is 1. The summed E-state index contributed by atoms with van der Waals surface area (Å²) in [6.45, 7) is -0.178. The van der Waals surface area contributed by atoms with E-state index in [0.717, 1.165) is 12.8 Å². The first-order chi connectivity index (χ1) is 14.1. The molecule has 1 aliphatic carbocycles. The van der Waals surface area contributed by atoms with Gasteiger partial charge in [-0.25, -0.2) is 5.43 Å². The van der Waals surface area contributed by atoms with E-state index in [9.17, 15) is 9.59 Å². The van der Waals surface area contributed by atoms with Crippen LogP contribution in [0.2, 0.25) is 0 Å². The minimum atomic E-state index is -0.404. The molecule has 0 unspecified atom stereocenters. The fourth-order valence-corrected chi connectivity index (χ4v) is 2.39. The molecular weight excluding hydrogens is 376 g/mol. The van der Waals surface area contributed by atoms with E-state index >= 15 is 0 Å². The average Bonchev–Trinajstić information content (AvgIpc) is 3.59. The molecule has 8 nitrogen and oxygen atoms in total. The molecule has 0 aromatic heterocycles. The molecule has 2 aromatic rings. The number of benzene rings is 2. The van der Waals surface area contributed by atoms with Gasteiger partial charge in [-0.2, -0.15) is 5.10 Å². The van der Waals surface area contributed by atoms with Gasteiger partial charge in [0, 0.05) is 0 Å². The predicted octanol–water partition coefficient (Wildman–Crippen LogP) is 2.55. The molecule has 3 rings (SSSR count). The lowest BCUT2D eigenvalue weighted by atomic mass is 10.2. The van der Waals surface area contributed by atoms with Gasteiger partial charge in [-0.15, -0.1) is 0 Å². The van der Waals surface area contributed by atoms with Crippen molar-refractivity contribution >= 4 is 18.1 Å². The van der Waals surface area contributed by atoms with Crippen molar-refractivity contribution in [2.24, 2.45) is 11.0 Å². The number of nitrogens with zero attached hydrogens (tertiary/aromatic N) is 1. The lowest BCUT2D eigenvalue weighted by molar-refractivity contribution is -0.135. The van der Waals surface area contributed by atoms with E-state index in [0.29, 0.717) is 28.6 Å². The van der Waals surface area contributed by atoms with E-state index in [-0.39, 0.29) is 18.5 Å². The molecular formula is C21H22N2O6. The van der Waals surface area contributed by atoms with E-state index in [2.05, 4.69) is 10.5 Å². The molecule has 1 aliphatic rings. The Kier molecular flexibility index (Phi) is 6.67. The van der Waals surface area contributed by atoms with Crippen LogP contribution in [0.15, 0.2) is 47.6 Å². The van der Waals surface area contributed by atoms with E-state index in [1.54, 1.807) is 49.6 Å². The van der Waals surface area contributed by atoms with Gasteiger partial charge in [-0.05, 0) is 60.9 Å². The Morgan fingerprint density at radius 2 is 1.76 bits per heavy atom. The van der Waals surface area contributed by atoms with Crippen molar-refractivity contribution in [1.29, 1.82) is 0 Å². The highest BCUT2D eigenvalue weighted by Crippen LogP contribution is 2.34. The third kappa shape index (κ3) is 5.97. The first kappa shape index (κ1) is 20.2. The minimum absolute atomic E-state index is 0.00343. The Hall–Kier alpha value is -3.55. The lowest BCUT2D eigenvalue weighted by Gasteiger charge is -2.09. The average molecular weight is 398 g/mol. The highest BCUT2D eigenvalue weighted by Gasteiger charge is 2.32. The van der Waals surface area contributed by atoms with Gasteiger partial charge in [-0.3, -0.25) is 9.59 Å². The zero-order chi connectivity index (χ0) is 20.6. The maximum Gasteiger partial charge on any atom is 0.314 e. The summed E-state index contributed by atoms with van der Waals surface area (Å²) in [6, 6.07) is 11.9. The molecule has 1 saturated carbocycles. The van der Waals surface area contributed by atoms with Crippen molar-refractivity contribution in [3.05, 3.63) is 48.0 Å². The predicted molar refractivity (Wildman–Crippen MR) is 106 cm³/mol. The number of carbonyl (C=O) groups is 2. The van der Waals surface area contributed by atoms with Gasteiger partial charge in [0.1, 0.15) is 11.5 Å². The highest BCUT2D eigenvalue weighted by molar-refractivity contribution is 5.84. The van der Waals surface area contributed by atoms with Gasteiger partial charge >= 0.3 is 5.97 Å². The molecule has 0 heterocycles. The van der Waals surface area contributed by atoms with E-state index < -0.39 is 5.91 Å². The number of nitrogens with one attached hydrogen (secondary N) is 1. The summed E-state index contributed by atoms with van der Waals surface area (Å²) in [7, 11) is 3.06. The molecule has 29 heavy (non-hydrogen) atoms. The molecule has 0 radical (unpaired) electrons. The van der Waals surface area contributed by atoms with Crippen LogP contribution >= 0.6 is 0 Å². The van der Waals surface area contributed by atoms with Crippen molar-refractivity contribution < 1.29 is 28.5 Å². The Bertz CT molecular complexity index is 891. The van der Waals surface area contributed by atoms with Crippen molar-refractivity contribution in [3.8, 4) is 23.0 Å². The van der Waals surface area contributed by atoms with Crippen LogP contribution < -0.4 is 24.4 Å². The smallest absolute Gasteiger partial charge is 0.314 e. The topological polar surface area (TPSA) is 95.5 Å². The van der Waals surface area contributed by atoms with E-state index in [1.165, 1.54) is 13.3 Å². The molecule has 0 spiro atoms. The third-order valence-electron chi connectivity index (χ3n) is 4.14. The number of ether oxygens (including phenoxy) is 4. The Balaban J connectivity index is 1.49. The maximum absolute atomic E-state index is 11.8. The minimum Gasteiger partial charge on any atom is -0.497 e. The second-order valence-electron chi connectivity index (χ2n) is 6.36. The van der Waals surface area contributed by atoms with Crippen LogP contribution in [0.3, 0.4) is 0 Å². The number of amides is 1. The Labute approximate surface area is 168 Å². The van der Waals surface area contributed by atoms with Crippen LogP contribution in [0.4, 0.5) is 0 Å². The van der Waals surface area contributed by atoms with Gasteiger partial charge in [0.15, 0.2) is 18.1 Å². The SMILES string of the molecule is COc1ccc(OCC(=O)N/N=C\c2ccc(OC(=O)C3CC3)c(OC)c2)cc1. The highest BCUT2D eigenvalue weighted by atomic mass is 16.6. The van der Waals surface area contributed by atoms with Gasteiger partial charge in [0.2, 0.25) is 0 Å². The second kappa shape index (κ2) is 9.59. The first-order valence-corrected chi connectivity index (χ1v) is 9.07. The Morgan fingerprint density at radius 3 is 2.41 bits per heavy atom. The fraction of sp³-hybridized carbons (Fsp3) is 0.286. The number of rotatable bonds is 9. The van der Waals surface area contributed by atoms with E-state index in [1.807, 2.05) is 0 Å². The molecule has 1 amide bonds. The number of carbonyl (C=O) groups excluding carboxylic acids is 2. The molecule has 152 valence electrons. The Morgan fingerprint density at radius 1 is 1.03 bits per heavy atom. The van der Waals surface area contributed by atoms with Crippen molar-refractivity contribution in [3.63, 3.8) is 0 Å². The lowest BCUT2D eigenvalue weighted by Crippen LogP contribution is -2.24. The largest absolute Gasteiger partial charge is 0.497 e. The zero-order valence-electron chi connectivity index (χ0n) is 16.2. The summed E-state index contributed by atoms with van der Waals surface area (Å²) in [5.74, 6) is 1.38. The molecule has 1 N–H and O–H groups in total. The van der Waals surface area contributed by atoms with Crippen LogP contribution in [0.1, 0.15) is 18.4 Å². The van der Waals surface area contributed by atoms with Crippen LogP contribution in [0.25, 0.3) is 0 Å². The van der Waals surface area contributed by atoms with Crippen LogP contribution in [0.5, 0.6) is 23.0 Å². The van der Waals surface area contributed by atoms with Gasteiger partial charge < -0.3 is 18.9 Å². The molecule has 0 saturated heterocycles. The number of hydrazone groups is 1. The maximum atomic E-state index is 11.8. The monoisotopic (exact) mass is 398 g/mol. The molecule has 2 aromatic carbocycles. The van der Waals surface area contributed by atoms with Crippen LogP contribution in [0, 0.1) is 5.92 Å². The summed E-state index contributed by atoms with van der Waals surface area (Å²) in [4.78, 5) is 23.6. The van der Waals surface area contributed by atoms with Gasteiger partial charge in [0.05, 0.1) is 26.4 Å². The molecule has 0 bridgehead atoms. The summed E-state index contributed by atoms with van der Waals surface area (Å²) < 4.78 is 21.0. The number of hydrogen-bond acceptors (Lipinski definition) is 7.